The van der Waals surface area contributed by atoms with Gasteiger partial charge in [-0.15, -0.1) is 17.0 Å². The van der Waals surface area contributed by atoms with Crippen LogP contribution < -0.4 is 10.2 Å². The number of halogens is 2. The number of aromatic nitrogens is 1. The van der Waals surface area contributed by atoms with Gasteiger partial charge in [0, 0.05) is 42.0 Å². The van der Waals surface area contributed by atoms with Gasteiger partial charge in [0.15, 0.2) is 0 Å². The lowest BCUT2D eigenvalue weighted by Gasteiger charge is -2.29. The van der Waals surface area contributed by atoms with Crippen LogP contribution in [0.25, 0.3) is 11.1 Å². The first-order valence-corrected chi connectivity index (χ1v) is 7.38. The Hall–Kier alpha value is -1.10. The van der Waals surface area contributed by atoms with Crippen LogP contribution in [0.4, 0.5) is 5.69 Å². The van der Waals surface area contributed by atoms with E-state index in [0.717, 1.165) is 29.2 Å². The number of piperazine rings is 1. The topological polar surface area (TPSA) is 28.2 Å². The van der Waals surface area contributed by atoms with Gasteiger partial charge in [0.2, 0.25) is 0 Å². The van der Waals surface area contributed by atoms with Crippen molar-refractivity contribution in [3.05, 3.63) is 47.7 Å². The molecule has 2 fully saturated rings. The highest BCUT2D eigenvalue weighted by molar-refractivity contribution is 8.93. The van der Waals surface area contributed by atoms with Gasteiger partial charge in [0.05, 0.1) is 11.9 Å². The molecule has 2 aliphatic rings. The predicted octanol–water partition coefficient (Wildman–Crippen LogP) is 3.53. The van der Waals surface area contributed by atoms with E-state index in [9.17, 15) is 0 Å². The van der Waals surface area contributed by atoms with E-state index in [-0.39, 0.29) is 17.0 Å². The van der Waals surface area contributed by atoms with Crippen molar-refractivity contribution < 1.29 is 0 Å². The smallest absolute Gasteiger partial charge is 0.0562 e. The first-order valence-electron chi connectivity index (χ1n) is 7.00. The summed E-state index contributed by atoms with van der Waals surface area (Å²) in [4.78, 5) is 6.89. The van der Waals surface area contributed by atoms with Crippen molar-refractivity contribution in [2.45, 2.75) is 18.5 Å². The van der Waals surface area contributed by atoms with Crippen LogP contribution in [0.1, 0.15) is 6.42 Å². The Morgan fingerprint density at radius 2 is 2.10 bits per heavy atom. The van der Waals surface area contributed by atoms with Gasteiger partial charge in [-0.3, -0.25) is 4.98 Å². The summed E-state index contributed by atoms with van der Waals surface area (Å²) in [6.07, 6.45) is 5.12. The van der Waals surface area contributed by atoms with Crippen LogP contribution >= 0.6 is 28.6 Å². The zero-order valence-electron chi connectivity index (χ0n) is 11.5. The Labute approximate surface area is 140 Å². The second-order valence-corrected chi connectivity index (χ2v) is 6.03. The molecule has 5 heteroatoms. The minimum absolute atomic E-state index is 0. The Balaban J connectivity index is 0.00000132. The number of nitrogens with zero attached hydrogens (tertiary/aromatic N) is 2. The molecule has 0 saturated carbocycles. The molecule has 2 saturated heterocycles. The lowest BCUT2D eigenvalue weighted by Crippen LogP contribution is -2.43. The molecular weight excluding hydrogens is 350 g/mol. The van der Waals surface area contributed by atoms with Crippen LogP contribution in [0.3, 0.4) is 0 Å². The van der Waals surface area contributed by atoms with E-state index in [1.807, 2.05) is 30.6 Å². The molecule has 4 rings (SSSR count). The number of nitrogens with one attached hydrogen (secondary N) is 1. The molecule has 3 heterocycles. The highest BCUT2D eigenvalue weighted by Gasteiger charge is 2.37. The molecule has 2 atom stereocenters. The molecule has 2 aromatic rings. The van der Waals surface area contributed by atoms with E-state index in [1.165, 1.54) is 12.1 Å². The molecule has 1 aromatic carbocycles. The molecule has 0 radical (unpaired) electrons. The highest BCUT2D eigenvalue weighted by atomic mass is 79.9. The average molecular weight is 367 g/mol. The number of hydrogen-bond donors (Lipinski definition) is 1. The molecular formula is C16H17BrClN3. The summed E-state index contributed by atoms with van der Waals surface area (Å²) in [5.41, 5.74) is 3.46. The fourth-order valence-electron chi connectivity index (χ4n) is 3.29. The first kappa shape index (κ1) is 14.8. The van der Waals surface area contributed by atoms with Crippen LogP contribution in [-0.2, 0) is 0 Å². The number of hydrogen-bond acceptors (Lipinski definition) is 3. The third-order valence-electron chi connectivity index (χ3n) is 4.27. The number of anilines is 1. The maximum atomic E-state index is 6.07. The Morgan fingerprint density at radius 1 is 1.19 bits per heavy atom. The standard InChI is InChI=1S/C16H16ClN3.BrH/c17-13-3-1-2-11(4-13)12-5-15(8-18-7-12)20-10-14-6-16(20)9-19-14;/h1-5,7-8,14,16,19H,6,9-10H2;1H. The van der Waals surface area contributed by atoms with E-state index in [2.05, 4.69) is 27.3 Å². The van der Waals surface area contributed by atoms with Crippen molar-refractivity contribution in [3.8, 4) is 11.1 Å². The zero-order valence-corrected chi connectivity index (χ0v) is 14.0. The quantitative estimate of drug-likeness (QED) is 0.881. The van der Waals surface area contributed by atoms with Crippen LogP contribution in [0, 0.1) is 0 Å². The third kappa shape index (κ3) is 2.80. The van der Waals surface area contributed by atoms with Crippen molar-refractivity contribution in [2.24, 2.45) is 0 Å². The Kier molecular flexibility index (Phi) is 4.20. The van der Waals surface area contributed by atoms with Crippen molar-refractivity contribution in [2.75, 3.05) is 18.0 Å². The number of rotatable bonds is 2. The zero-order chi connectivity index (χ0) is 13.5. The fourth-order valence-corrected chi connectivity index (χ4v) is 3.48. The molecule has 1 aromatic heterocycles. The van der Waals surface area contributed by atoms with Crippen LogP contribution in [0.15, 0.2) is 42.7 Å². The largest absolute Gasteiger partial charge is 0.364 e. The monoisotopic (exact) mass is 365 g/mol. The van der Waals surface area contributed by atoms with Crippen LogP contribution in [0.5, 0.6) is 0 Å². The summed E-state index contributed by atoms with van der Waals surface area (Å²) < 4.78 is 0. The first-order chi connectivity index (χ1) is 9.79. The third-order valence-corrected chi connectivity index (χ3v) is 4.51. The van der Waals surface area contributed by atoms with E-state index < -0.39 is 0 Å². The summed E-state index contributed by atoms with van der Waals surface area (Å²) in [5, 5.41) is 4.29. The second kappa shape index (κ2) is 5.95. The van der Waals surface area contributed by atoms with Gasteiger partial charge >= 0.3 is 0 Å². The maximum absolute atomic E-state index is 6.07. The van der Waals surface area contributed by atoms with Gasteiger partial charge in [0.1, 0.15) is 0 Å². The Bertz CT molecular complexity index is 649. The predicted molar refractivity (Wildman–Crippen MR) is 92.5 cm³/mol. The lowest BCUT2D eigenvalue weighted by molar-refractivity contribution is 0.580. The van der Waals surface area contributed by atoms with Gasteiger partial charge in [-0.05, 0) is 30.2 Å². The minimum atomic E-state index is 0. The summed E-state index contributed by atoms with van der Waals surface area (Å²) in [5.74, 6) is 0. The van der Waals surface area contributed by atoms with Crippen molar-refractivity contribution in [1.29, 1.82) is 0 Å². The molecule has 0 amide bonds. The van der Waals surface area contributed by atoms with E-state index in [0.29, 0.717) is 12.1 Å². The van der Waals surface area contributed by atoms with Crippen LogP contribution in [0.2, 0.25) is 5.02 Å². The van der Waals surface area contributed by atoms with Crippen molar-refractivity contribution in [3.63, 3.8) is 0 Å². The van der Waals surface area contributed by atoms with Gasteiger partial charge in [-0.1, -0.05) is 23.7 Å². The summed E-state index contributed by atoms with van der Waals surface area (Å²) in [6, 6.07) is 11.4. The SMILES string of the molecule is Br.Clc1cccc(-c2cncc(N3CC4CC3CN4)c2)c1. The molecule has 110 valence electrons. The lowest BCUT2D eigenvalue weighted by atomic mass is 10.1. The maximum Gasteiger partial charge on any atom is 0.0562 e. The number of fused-ring (bicyclic) bond motifs is 2. The highest BCUT2D eigenvalue weighted by Crippen LogP contribution is 2.31. The van der Waals surface area contributed by atoms with Crippen LogP contribution in [-0.4, -0.2) is 30.2 Å². The number of pyridine rings is 1. The number of benzene rings is 1. The van der Waals surface area contributed by atoms with Gasteiger partial charge in [-0.2, -0.15) is 0 Å². The molecule has 2 unspecified atom stereocenters. The van der Waals surface area contributed by atoms with Gasteiger partial charge in [-0.25, -0.2) is 0 Å². The van der Waals surface area contributed by atoms with Gasteiger partial charge < -0.3 is 10.2 Å². The van der Waals surface area contributed by atoms with E-state index in [1.54, 1.807) is 0 Å². The van der Waals surface area contributed by atoms with Gasteiger partial charge in [0.25, 0.3) is 0 Å². The molecule has 1 N–H and O–H groups in total. The Morgan fingerprint density at radius 3 is 2.81 bits per heavy atom. The second-order valence-electron chi connectivity index (χ2n) is 5.59. The van der Waals surface area contributed by atoms with E-state index >= 15 is 0 Å². The van der Waals surface area contributed by atoms with E-state index in [4.69, 9.17) is 11.6 Å². The normalized spacial score (nSPS) is 23.2. The average Bonchev–Trinajstić information content (AvgIpc) is 3.10. The summed E-state index contributed by atoms with van der Waals surface area (Å²) in [7, 11) is 0. The molecule has 2 bridgehead atoms. The summed E-state index contributed by atoms with van der Waals surface area (Å²) in [6.45, 7) is 2.18. The van der Waals surface area contributed by atoms with Crippen molar-refractivity contribution >= 4 is 34.3 Å². The van der Waals surface area contributed by atoms with Crippen molar-refractivity contribution in [1.82, 2.24) is 10.3 Å². The fraction of sp³-hybridized carbons (Fsp3) is 0.312. The molecule has 21 heavy (non-hydrogen) atoms. The molecule has 0 spiro atoms. The molecule has 0 aliphatic carbocycles. The molecule has 2 aliphatic heterocycles. The minimum Gasteiger partial charge on any atom is -0.364 e. The summed E-state index contributed by atoms with van der Waals surface area (Å²) >= 11 is 6.07. The molecule has 3 nitrogen and oxygen atoms in total.